The summed E-state index contributed by atoms with van der Waals surface area (Å²) in [6.07, 6.45) is 82.3. The molecule has 0 saturated carbocycles. The van der Waals surface area contributed by atoms with Crippen LogP contribution in [0.5, 0.6) is 0 Å². The van der Waals surface area contributed by atoms with Crippen LogP contribution in [0.3, 0.4) is 0 Å². The van der Waals surface area contributed by atoms with Crippen LogP contribution >= 0.6 is 7.82 Å². The SMILES string of the molecule is CC/C=C\C/C=C\C/C=C\C/C=C\CCCCCCCCCCCCCCCCCCCCCCCCCCC(=O)OC(COC(=O)CCCCCCCC/C=C\C/C=C\C/C=C\CCCCC)COP(=O)([O-])OCC[N+](C)(C)C. The highest BCUT2D eigenvalue weighted by atomic mass is 31.2. The number of rotatable bonds is 61. The summed E-state index contributed by atoms with van der Waals surface area (Å²) in [7, 11) is 1.16. The number of carbonyl (C=O) groups excluding carboxylic acids is 2. The maximum absolute atomic E-state index is 12.8. The van der Waals surface area contributed by atoms with Gasteiger partial charge in [0.1, 0.15) is 19.8 Å². The van der Waals surface area contributed by atoms with Crippen LogP contribution in [0.15, 0.2) is 85.1 Å². The lowest BCUT2D eigenvalue weighted by Crippen LogP contribution is -2.37. The summed E-state index contributed by atoms with van der Waals surface area (Å²) in [6, 6.07) is 0. The molecule has 0 spiro atoms. The first-order chi connectivity index (χ1) is 39.0. The van der Waals surface area contributed by atoms with E-state index in [0.29, 0.717) is 23.9 Å². The number of nitrogens with zero attached hydrogens (tertiary/aromatic N) is 1. The monoisotopic (exact) mass is 1140 g/mol. The minimum atomic E-state index is -4.64. The minimum absolute atomic E-state index is 0.0342. The molecule has 2 atom stereocenters. The van der Waals surface area contributed by atoms with Crippen LogP contribution in [0.4, 0.5) is 0 Å². The number of allylic oxidation sites excluding steroid dienone is 14. The molecule has 0 heterocycles. The molecule has 0 saturated heterocycles. The van der Waals surface area contributed by atoms with E-state index in [2.05, 4.69) is 98.9 Å². The molecule has 0 fully saturated rings. The fraction of sp³-hybridized carbons (Fsp3) is 0.771. The number of phosphoric acid groups is 1. The maximum atomic E-state index is 12.8. The highest BCUT2D eigenvalue weighted by molar-refractivity contribution is 7.45. The predicted molar refractivity (Wildman–Crippen MR) is 342 cm³/mol. The van der Waals surface area contributed by atoms with Crippen molar-refractivity contribution in [2.24, 2.45) is 0 Å². The number of hydrogen-bond donors (Lipinski definition) is 0. The summed E-state index contributed by atoms with van der Waals surface area (Å²) in [5.41, 5.74) is 0. The molecule has 0 aliphatic rings. The first-order valence-corrected chi connectivity index (χ1v) is 34.8. The van der Waals surface area contributed by atoms with Crippen molar-refractivity contribution >= 4 is 19.8 Å². The molecule has 0 radical (unpaired) electrons. The Morgan fingerprint density at radius 1 is 0.400 bits per heavy atom. The third-order valence-electron chi connectivity index (χ3n) is 14.4. The van der Waals surface area contributed by atoms with Gasteiger partial charge in [0.25, 0.3) is 7.82 Å². The molecule has 0 N–H and O–H groups in total. The second-order valence-electron chi connectivity index (χ2n) is 23.5. The van der Waals surface area contributed by atoms with E-state index in [9.17, 15) is 19.0 Å². The molecular formula is C70H126NO8P. The van der Waals surface area contributed by atoms with Crippen molar-refractivity contribution in [2.45, 2.75) is 302 Å². The molecule has 0 amide bonds. The van der Waals surface area contributed by atoms with Crippen molar-refractivity contribution in [3.8, 4) is 0 Å². The van der Waals surface area contributed by atoms with Crippen molar-refractivity contribution in [3.63, 3.8) is 0 Å². The Hall–Kier alpha value is -2.81. The van der Waals surface area contributed by atoms with Gasteiger partial charge in [-0.25, -0.2) is 0 Å². The van der Waals surface area contributed by atoms with Gasteiger partial charge in [0.15, 0.2) is 6.10 Å². The predicted octanol–water partition coefficient (Wildman–Crippen LogP) is 20.7. The van der Waals surface area contributed by atoms with E-state index >= 15 is 0 Å². The molecule has 0 bridgehead atoms. The van der Waals surface area contributed by atoms with E-state index in [1.54, 1.807) is 0 Å². The Kier molecular flexibility index (Phi) is 58.6. The Labute approximate surface area is 494 Å². The first-order valence-electron chi connectivity index (χ1n) is 33.3. The van der Waals surface area contributed by atoms with E-state index in [1.807, 2.05) is 21.1 Å². The van der Waals surface area contributed by atoms with Gasteiger partial charge in [-0.3, -0.25) is 14.2 Å². The molecule has 9 nitrogen and oxygen atoms in total. The van der Waals surface area contributed by atoms with Gasteiger partial charge in [0.2, 0.25) is 0 Å². The van der Waals surface area contributed by atoms with Crippen LogP contribution in [0, 0.1) is 0 Å². The highest BCUT2D eigenvalue weighted by Crippen LogP contribution is 2.38. The molecule has 0 aliphatic heterocycles. The number of ether oxygens (including phenoxy) is 2. The molecule has 0 aromatic rings. The van der Waals surface area contributed by atoms with Gasteiger partial charge in [-0.15, -0.1) is 0 Å². The van der Waals surface area contributed by atoms with E-state index < -0.39 is 32.5 Å². The number of phosphoric ester groups is 1. The van der Waals surface area contributed by atoms with Gasteiger partial charge >= 0.3 is 11.9 Å². The lowest BCUT2D eigenvalue weighted by atomic mass is 10.0. The second kappa shape index (κ2) is 60.8. The van der Waals surface area contributed by atoms with E-state index in [-0.39, 0.29) is 26.1 Å². The zero-order valence-electron chi connectivity index (χ0n) is 52.8. The fourth-order valence-electron chi connectivity index (χ4n) is 9.30. The van der Waals surface area contributed by atoms with E-state index in [1.165, 1.54) is 173 Å². The Morgan fingerprint density at radius 3 is 1.06 bits per heavy atom. The largest absolute Gasteiger partial charge is 0.756 e. The zero-order chi connectivity index (χ0) is 58.4. The van der Waals surface area contributed by atoms with Gasteiger partial charge in [-0.2, -0.15) is 0 Å². The van der Waals surface area contributed by atoms with Crippen LogP contribution in [-0.2, 0) is 32.7 Å². The summed E-state index contributed by atoms with van der Waals surface area (Å²) in [4.78, 5) is 38.0. The Morgan fingerprint density at radius 2 is 0.713 bits per heavy atom. The van der Waals surface area contributed by atoms with Crippen molar-refractivity contribution in [3.05, 3.63) is 85.1 Å². The molecular weight excluding hydrogens is 1010 g/mol. The Balaban J connectivity index is 3.98. The first kappa shape index (κ1) is 77.2. The lowest BCUT2D eigenvalue weighted by Gasteiger charge is -2.28. The van der Waals surface area contributed by atoms with Gasteiger partial charge in [-0.1, -0.05) is 279 Å². The third kappa shape index (κ3) is 64.4. The number of likely N-dealkylation sites (N-methyl/N-ethyl adjacent to an activating group) is 1. The van der Waals surface area contributed by atoms with Crippen molar-refractivity contribution in [1.82, 2.24) is 0 Å². The normalized spacial score (nSPS) is 13.7. The average molecular weight is 1140 g/mol. The summed E-state index contributed by atoms with van der Waals surface area (Å²) in [6.45, 7) is 4.11. The van der Waals surface area contributed by atoms with Gasteiger partial charge < -0.3 is 27.9 Å². The third-order valence-corrected chi connectivity index (χ3v) is 15.4. The summed E-state index contributed by atoms with van der Waals surface area (Å²) in [5.74, 6) is -0.839. The van der Waals surface area contributed by atoms with Gasteiger partial charge in [0.05, 0.1) is 27.7 Å². The van der Waals surface area contributed by atoms with Crippen LogP contribution in [0.1, 0.15) is 296 Å². The standard InChI is InChI=1S/C70H126NO8P/c1-6-8-10-12-14-16-18-20-22-24-26-27-28-29-30-31-32-33-34-35-36-37-38-39-40-41-42-43-45-47-49-51-53-55-57-59-61-63-70(73)79-68(67-78-80(74,75)77-65-64-71(3,4)5)66-76-69(72)62-60-58-56-54-52-50-48-46-44-25-23-21-19-17-15-13-11-9-7-2/h8,10,14-17,20-23,26-27,44,46,68H,6-7,9,11-13,18-19,24-25,28-43,45,47-67H2,1-5H3/b10-8-,16-14-,17-15-,22-20-,23-21-,27-26-,46-44-. The van der Waals surface area contributed by atoms with Gasteiger partial charge in [-0.05, 0) is 89.9 Å². The lowest BCUT2D eigenvalue weighted by molar-refractivity contribution is -0.870. The highest BCUT2D eigenvalue weighted by Gasteiger charge is 2.22. The van der Waals surface area contributed by atoms with E-state index in [4.69, 9.17) is 18.5 Å². The maximum Gasteiger partial charge on any atom is 0.306 e. The topological polar surface area (TPSA) is 111 Å². The second-order valence-corrected chi connectivity index (χ2v) is 24.9. The van der Waals surface area contributed by atoms with Crippen LogP contribution in [0.25, 0.3) is 0 Å². The fourth-order valence-corrected chi connectivity index (χ4v) is 10.0. The summed E-state index contributed by atoms with van der Waals surface area (Å²) >= 11 is 0. The Bertz CT molecular complexity index is 1630. The molecule has 10 heteroatoms. The number of carbonyl (C=O) groups is 2. The quantitative estimate of drug-likeness (QED) is 0.0195. The van der Waals surface area contributed by atoms with E-state index in [0.717, 1.165) is 83.5 Å². The molecule has 2 unspecified atom stereocenters. The van der Waals surface area contributed by atoms with Crippen LogP contribution in [-0.4, -0.2) is 70.0 Å². The number of esters is 2. The van der Waals surface area contributed by atoms with Gasteiger partial charge in [0, 0.05) is 12.8 Å². The number of quaternary nitrogens is 1. The van der Waals surface area contributed by atoms with Crippen LogP contribution in [0.2, 0.25) is 0 Å². The average Bonchev–Trinajstić information content (AvgIpc) is 3.42. The van der Waals surface area contributed by atoms with Crippen molar-refractivity contribution in [1.29, 1.82) is 0 Å². The number of unbranched alkanes of at least 4 members (excludes halogenated alkanes) is 33. The minimum Gasteiger partial charge on any atom is -0.756 e. The van der Waals surface area contributed by atoms with Crippen molar-refractivity contribution < 1.29 is 42.1 Å². The molecule has 0 rings (SSSR count). The van der Waals surface area contributed by atoms with Crippen LogP contribution < -0.4 is 4.89 Å². The van der Waals surface area contributed by atoms with Crippen molar-refractivity contribution in [2.75, 3.05) is 47.5 Å². The molecule has 464 valence electrons. The molecule has 0 aromatic heterocycles. The smallest absolute Gasteiger partial charge is 0.306 e. The molecule has 0 aromatic carbocycles. The molecule has 80 heavy (non-hydrogen) atoms. The number of hydrogen-bond acceptors (Lipinski definition) is 8. The summed E-state index contributed by atoms with van der Waals surface area (Å²) in [5, 5.41) is 0. The summed E-state index contributed by atoms with van der Waals surface area (Å²) < 4.78 is 34.2. The zero-order valence-corrected chi connectivity index (χ0v) is 53.7. The molecule has 0 aliphatic carbocycles.